The molecule has 2 N–H and O–H groups in total. The molecule has 14 heteroatoms. The van der Waals surface area contributed by atoms with E-state index in [1.807, 2.05) is 0 Å². The molecule has 0 saturated carbocycles. The van der Waals surface area contributed by atoms with Crippen molar-refractivity contribution in [2.24, 2.45) is 5.92 Å². The van der Waals surface area contributed by atoms with Gasteiger partial charge in [0.05, 0.1) is 15.8 Å². The lowest BCUT2D eigenvalue weighted by Gasteiger charge is -2.25. The number of aromatic nitrogens is 1. The first-order valence-corrected chi connectivity index (χ1v) is 15.1. The number of sulfone groups is 1. The van der Waals surface area contributed by atoms with Crippen molar-refractivity contribution in [3.8, 4) is 0 Å². The number of carbonyl (C=O) groups is 1. The highest BCUT2D eigenvalue weighted by atomic mass is 35.5. The van der Waals surface area contributed by atoms with Crippen LogP contribution in [0.4, 0.5) is 13.8 Å². The van der Waals surface area contributed by atoms with Crippen molar-refractivity contribution < 1.29 is 30.4 Å². The van der Waals surface area contributed by atoms with Gasteiger partial charge < -0.3 is 5.32 Å². The average Bonchev–Trinajstić information content (AvgIpc) is 3.17. The minimum atomic E-state index is -4.23. The minimum Gasteiger partial charge on any atom is -0.316 e. The van der Waals surface area contributed by atoms with Crippen molar-refractivity contribution in [1.82, 2.24) is 9.71 Å². The third kappa shape index (κ3) is 6.90. The fraction of sp³-hybridized carbons (Fsp3) is 0.304. The van der Waals surface area contributed by atoms with Gasteiger partial charge in [-0.2, -0.15) is 0 Å². The number of rotatable bonds is 10. The van der Waals surface area contributed by atoms with E-state index in [1.165, 1.54) is 38.1 Å². The lowest BCUT2D eigenvalue weighted by molar-refractivity contribution is -0.114. The molecule has 200 valence electrons. The summed E-state index contributed by atoms with van der Waals surface area (Å²) in [6, 6.07) is 7.85. The molecule has 2 unspecified atom stereocenters. The van der Waals surface area contributed by atoms with E-state index in [1.54, 1.807) is 6.92 Å². The second-order valence-electron chi connectivity index (χ2n) is 8.32. The van der Waals surface area contributed by atoms with Crippen LogP contribution in [0.5, 0.6) is 0 Å². The Morgan fingerprint density at radius 1 is 1.11 bits per heavy atom. The van der Waals surface area contributed by atoms with Gasteiger partial charge in [0.25, 0.3) is 10.0 Å². The third-order valence-electron chi connectivity index (χ3n) is 5.45. The summed E-state index contributed by atoms with van der Waals surface area (Å²) >= 11 is 6.64. The van der Waals surface area contributed by atoms with Crippen molar-refractivity contribution >= 4 is 53.7 Å². The Kier molecular flexibility index (Phi) is 9.06. The lowest BCUT2D eigenvalue weighted by Crippen LogP contribution is -2.29. The van der Waals surface area contributed by atoms with E-state index >= 15 is 0 Å². The number of nitrogens with one attached hydrogen (secondary N) is 2. The molecule has 1 aromatic heterocycles. The molecule has 1 heterocycles. The Hall–Kier alpha value is -2.45. The zero-order valence-electron chi connectivity index (χ0n) is 20.0. The maximum atomic E-state index is 14.8. The fourth-order valence-corrected chi connectivity index (χ4v) is 8.25. The molecule has 3 rings (SSSR count). The molecule has 37 heavy (non-hydrogen) atoms. The predicted molar refractivity (Wildman–Crippen MR) is 138 cm³/mol. The number of carbonyl (C=O) groups excluding carboxylic acids is 1. The highest BCUT2D eigenvalue weighted by molar-refractivity contribution is 7.92. The lowest BCUT2D eigenvalue weighted by atomic mass is 9.97. The predicted octanol–water partition coefficient (Wildman–Crippen LogP) is 4.86. The first kappa shape index (κ1) is 29.1. The number of anilines is 1. The maximum absolute atomic E-state index is 14.8. The smallest absolute Gasteiger partial charge is 0.267 e. The summed E-state index contributed by atoms with van der Waals surface area (Å²) in [5.41, 5.74) is -0.0366. The molecule has 1 amide bonds. The molecular weight excluding hydrogens is 568 g/mol. The largest absolute Gasteiger partial charge is 0.316 e. The van der Waals surface area contributed by atoms with Crippen LogP contribution in [0, 0.1) is 24.5 Å². The molecule has 8 nitrogen and oxygen atoms in total. The van der Waals surface area contributed by atoms with Gasteiger partial charge in [0.15, 0.2) is 9.84 Å². The molecule has 0 saturated heterocycles. The minimum absolute atomic E-state index is 0.0322. The quantitative estimate of drug-likeness (QED) is 0.347. The van der Waals surface area contributed by atoms with Gasteiger partial charge in [-0.1, -0.05) is 29.9 Å². The van der Waals surface area contributed by atoms with Crippen LogP contribution < -0.4 is 10.0 Å². The number of halogens is 3. The molecule has 0 aliphatic carbocycles. The number of aryl methyl sites for hydroxylation is 1. The summed E-state index contributed by atoms with van der Waals surface area (Å²) in [5, 5.41) is 1.58. The molecule has 2 aromatic carbocycles. The number of hydrogen-bond acceptors (Lipinski definition) is 7. The van der Waals surface area contributed by atoms with Crippen LogP contribution in [0.2, 0.25) is 5.02 Å². The van der Waals surface area contributed by atoms with E-state index < -0.39 is 42.7 Å². The number of amides is 1. The number of sulfonamides is 1. The Morgan fingerprint density at radius 2 is 1.76 bits per heavy atom. The molecule has 0 fully saturated rings. The number of nitrogens with zero attached hydrogens (tertiary/aromatic N) is 1. The molecule has 3 aromatic rings. The summed E-state index contributed by atoms with van der Waals surface area (Å²) in [4.78, 5) is 15.1. The Morgan fingerprint density at radius 3 is 2.38 bits per heavy atom. The highest BCUT2D eigenvalue weighted by Crippen LogP contribution is 2.38. The normalized spacial score (nSPS) is 13.8. The summed E-state index contributed by atoms with van der Waals surface area (Å²) in [6.45, 7) is 4.13. The van der Waals surface area contributed by atoms with Gasteiger partial charge in [-0.3, -0.25) is 4.79 Å². The van der Waals surface area contributed by atoms with Gasteiger partial charge in [-0.05, 0) is 61.7 Å². The standard InChI is InChI=1S/C23H24ClF2N3O5S3/c1-13(10-11-27-37(33,34)23-28-14(2)22(35-23)29-15(3)30)21(19-12-17(25)6-9-20(19)26)36(31,32)18-7-4-16(24)5-8-18/h4-9,12-13,21,27H,10-11H2,1-3H3,(H,29,30). The Balaban J connectivity index is 1.86. The SMILES string of the molecule is CC(=O)Nc1sc(S(=O)(=O)NCCC(C)C(c2cc(F)ccc2F)S(=O)(=O)c2ccc(Cl)cc2)nc1C. The van der Waals surface area contributed by atoms with Gasteiger partial charge in [-0.25, -0.2) is 35.3 Å². The van der Waals surface area contributed by atoms with Gasteiger partial charge in [0, 0.05) is 24.1 Å². The van der Waals surface area contributed by atoms with Crippen LogP contribution in [-0.4, -0.2) is 34.3 Å². The Bertz CT molecular complexity index is 1510. The van der Waals surface area contributed by atoms with Crippen LogP contribution in [0.3, 0.4) is 0 Å². The van der Waals surface area contributed by atoms with Crippen molar-refractivity contribution in [2.45, 2.75) is 41.7 Å². The number of thiazole rings is 1. The molecule has 0 radical (unpaired) electrons. The zero-order chi connectivity index (χ0) is 27.5. The van der Waals surface area contributed by atoms with Crippen molar-refractivity contribution in [2.75, 3.05) is 11.9 Å². The van der Waals surface area contributed by atoms with E-state index in [0.29, 0.717) is 10.7 Å². The highest BCUT2D eigenvalue weighted by Gasteiger charge is 2.36. The third-order valence-corrected chi connectivity index (χ3v) is 10.9. The van der Waals surface area contributed by atoms with Crippen LogP contribution in [0.25, 0.3) is 0 Å². The van der Waals surface area contributed by atoms with Crippen molar-refractivity contribution in [3.05, 3.63) is 70.4 Å². The topological polar surface area (TPSA) is 122 Å². The summed E-state index contributed by atoms with van der Waals surface area (Å²) in [5.74, 6) is -2.93. The van der Waals surface area contributed by atoms with Gasteiger partial charge >= 0.3 is 0 Å². The van der Waals surface area contributed by atoms with Crippen LogP contribution in [-0.2, 0) is 24.7 Å². The van der Waals surface area contributed by atoms with E-state index in [4.69, 9.17) is 11.6 Å². The molecular formula is C23H24ClF2N3O5S3. The Labute approximate surface area is 223 Å². The average molecular weight is 592 g/mol. The van der Waals surface area contributed by atoms with E-state index in [-0.39, 0.29) is 38.7 Å². The van der Waals surface area contributed by atoms with Crippen LogP contribution >= 0.6 is 22.9 Å². The molecule has 0 aliphatic rings. The summed E-state index contributed by atoms with van der Waals surface area (Å²) in [7, 11) is -8.32. The molecule has 0 aliphatic heterocycles. The first-order chi connectivity index (χ1) is 17.2. The zero-order valence-corrected chi connectivity index (χ0v) is 23.2. The monoisotopic (exact) mass is 591 g/mol. The van der Waals surface area contributed by atoms with Crippen LogP contribution in [0.15, 0.2) is 51.7 Å². The maximum Gasteiger partial charge on any atom is 0.267 e. The molecule has 2 atom stereocenters. The second-order valence-corrected chi connectivity index (χ2v) is 13.8. The van der Waals surface area contributed by atoms with Crippen molar-refractivity contribution in [1.29, 1.82) is 0 Å². The molecule has 0 spiro atoms. The first-order valence-electron chi connectivity index (χ1n) is 10.9. The fourth-order valence-electron chi connectivity index (χ4n) is 3.68. The second kappa shape index (κ2) is 11.5. The van der Waals surface area contributed by atoms with Gasteiger partial charge in [0.1, 0.15) is 16.6 Å². The van der Waals surface area contributed by atoms with Gasteiger partial charge in [-0.15, -0.1) is 0 Å². The number of benzene rings is 2. The van der Waals surface area contributed by atoms with Crippen molar-refractivity contribution in [3.63, 3.8) is 0 Å². The van der Waals surface area contributed by atoms with E-state index in [0.717, 1.165) is 29.5 Å². The summed E-state index contributed by atoms with van der Waals surface area (Å²) in [6.07, 6.45) is -0.0322. The van der Waals surface area contributed by atoms with E-state index in [9.17, 15) is 30.4 Å². The van der Waals surface area contributed by atoms with E-state index in [2.05, 4.69) is 15.0 Å². The van der Waals surface area contributed by atoms with Gasteiger partial charge in [0.2, 0.25) is 10.2 Å². The number of hydrogen-bond donors (Lipinski definition) is 2. The summed E-state index contributed by atoms with van der Waals surface area (Å²) < 4.78 is 83.4. The van der Waals surface area contributed by atoms with Crippen LogP contribution in [0.1, 0.15) is 36.8 Å². The molecule has 0 bridgehead atoms.